The minimum atomic E-state index is 0.366. The van der Waals surface area contributed by atoms with Crippen molar-refractivity contribution < 1.29 is 4.74 Å². The van der Waals surface area contributed by atoms with E-state index in [9.17, 15) is 0 Å². The van der Waals surface area contributed by atoms with E-state index in [2.05, 4.69) is 16.9 Å². The normalized spacial score (nSPS) is 17.2. The first kappa shape index (κ1) is 14.0. The SMILES string of the molecule is CC.Cc1ccc(OC2CCN(C)CC2)cn1. The molecule has 1 aromatic heterocycles. The summed E-state index contributed by atoms with van der Waals surface area (Å²) in [4.78, 5) is 6.56. The zero-order chi connectivity index (χ0) is 12.7. The second-order valence-electron chi connectivity index (χ2n) is 4.26. The summed E-state index contributed by atoms with van der Waals surface area (Å²) in [5, 5.41) is 0. The summed E-state index contributed by atoms with van der Waals surface area (Å²) in [5.74, 6) is 0.898. The number of rotatable bonds is 2. The lowest BCUT2D eigenvalue weighted by atomic mass is 10.1. The maximum absolute atomic E-state index is 5.87. The first-order valence-corrected chi connectivity index (χ1v) is 6.52. The van der Waals surface area contributed by atoms with Crippen molar-refractivity contribution in [1.82, 2.24) is 9.88 Å². The second-order valence-corrected chi connectivity index (χ2v) is 4.26. The lowest BCUT2D eigenvalue weighted by Gasteiger charge is -2.29. The molecule has 3 heteroatoms. The van der Waals surface area contributed by atoms with Crippen molar-refractivity contribution in [3.63, 3.8) is 0 Å². The van der Waals surface area contributed by atoms with Crippen LogP contribution in [0.4, 0.5) is 0 Å². The van der Waals surface area contributed by atoms with Gasteiger partial charge in [0.1, 0.15) is 11.9 Å². The Morgan fingerprint density at radius 2 is 1.88 bits per heavy atom. The maximum atomic E-state index is 5.87. The van der Waals surface area contributed by atoms with Gasteiger partial charge in [0.05, 0.1) is 6.20 Å². The summed E-state index contributed by atoms with van der Waals surface area (Å²) < 4.78 is 5.87. The highest BCUT2D eigenvalue weighted by Gasteiger charge is 2.17. The van der Waals surface area contributed by atoms with Gasteiger partial charge in [-0.3, -0.25) is 4.98 Å². The Kier molecular flexibility index (Phi) is 5.98. The Morgan fingerprint density at radius 3 is 2.41 bits per heavy atom. The van der Waals surface area contributed by atoms with E-state index in [1.54, 1.807) is 0 Å². The second kappa shape index (κ2) is 7.28. The Labute approximate surface area is 105 Å². The Bertz CT molecular complexity index is 303. The van der Waals surface area contributed by atoms with E-state index in [-0.39, 0.29) is 0 Å². The van der Waals surface area contributed by atoms with Gasteiger partial charge in [0.2, 0.25) is 0 Å². The molecule has 2 heterocycles. The molecule has 0 aliphatic carbocycles. The van der Waals surface area contributed by atoms with Crippen LogP contribution < -0.4 is 4.74 Å². The predicted octanol–water partition coefficient (Wildman–Crippen LogP) is 2.89. The van der Waals surface area contributed by atoms with E-state index >= 15 is 0 Å². The van der Waals surface area contributed by atoms with Crippen molar-refractivity contribution in [2.75, 3.05) is 20.1 Å². The molecule has 0 spiro atoms. The summed E-state index contributed by atoms with van der Waals surface area (Å²) in [6, 6.07) is 3.99. The van der Waals surface area contributed by atoms with Crippen LogP contribution >= 0.6 is 0 Å². The van der Waals surface area contributed by atoms with Crippen molar-refractivity contribution in [1.29, 1.82) is 0 Å². The van der Waals surface area contributed by atoms with Crippen LogP contribution in [0.2, 0.25) is 0 Å². The molecule has 1 aliphatic heterocycles. The average molecular weight is 236 g/mol. The molecule has 1 fully saturated rings. The highest BCUT2D eigenvalue weighted by atomic mass is 16.5. The Morgan fingerprint density at radius 1 is 1.24 bits per heavy atom. The van der Waals surface area contributed by atoms with Gasteiger partial charge in [-0.05, 0) is 38.9 Å². The number of nitrogens with zero attached hydrogens (tertiary/aromatic N) is 2. The fraction of sp³-hybridized carbons (Fsp3) is 0.643. The van der Waals surface area contributed by atoms with E-state index in [1.165, 1.54) is 0 Å². The van der Waals surface area contributed by atoms with Crippen LogP contribution in [0.15, 0.2) is 18.3 Å². The molecule has 0 amide bonds. The van der Waals surface area contributed by atoms with E-state index in [0.717, 1.165) is 37.4 Å². The number of hydrogen-bond acceptors (Lipinski definition) is 3. The smallest absolute Gasteiger partial charge is 0.138 e. The molecule has 0 N–H and O–H groups in total. The van der Waals surface area contributed by atoms with Gasteiger partial charge < -0.3 is 9.64 Å². The number of aryl methyl sites for hydroxylation is 1. The summed E-state index contributed by atoms with van der Waals surface area (Å²) in [5.41, 5.74) is 1.03. The Hall–Kier alpha value is -1.09. The molecular formula is C14H24N2O. The highest BCUT2D eigenvalue weighted by molar-refractivity contribution is 5.19. The topological polar surface area (TPSA) is 25.4 Å². The first-order chi connectivity index (χ1) is 8.24. The summed E-state index contributed by atoms with van der Waals surface area (Å²) >= 11 is 0. The molecule has 0 aromatic carbocycles. The molecule has 3 nitrogen and oxygen atoms in total. The zero-order valence-corrected chi connectivity index (χ0v) is 11.4. The lowest BCUT2D eigenvalue weighted by Crippen LogP contribution is -2.35. The average Bonchev–Trinajstić information content (AvgIpc) is 2.37. The predicted molar refractivity (Wildman–Crippen MR) is 71.5 cm³/mol. The van der Waals surface area contributed by atoms with Crippen molar-refractivity contribution in [3.05, 3.63) is 24.0 Å². The third kappa shape index (κ3) is 4.73. The van der Waals surface area contributed by atoms with Gasteiger partial charge in [0.15, 0.2) is 0 Å². The molecule has 0 unspecified atom stereocenters. The van der Waals surface area contributed by atoms with Crippen LogP contribution in [0, 0.1) is 6.92 Å². The number of pyridine rings is 1. The molecule has 0 bridgehead atoms. The number of likely N-dealkylation sites (tertiary alicyclic amines) is 1. The van der Waals surface area contributed by atoms with Crippen LogP contribution in [0.1, 0.15) is 32.4 Å². The first-order valence-electron chi connectivity index (χ1n) is 6.52. The molecule has 1 aliphatic rings. The van der Waals surface area contributed by atoms with E-state index < -0.39 is 0 Å². The Balaban J connectivity index is 0.000000686. The van der Waals surface area contributed by atoms with Crippen LogP contribution in [0.3, 0.4) is 0 Å². The monoisotopic (exact) mass is 236 g/mol. The third-order valence-corrected chi connectivity index (χ3v) is 2.85. The van der Waals surface area contributed by atoms with E-state index in [1.807, 2.05) is 39.1 Å². The fourth-order valence-electron chi connectivity index (χ4n) is 1.82. The number of hydrogen-bond donors (Lipinski definition) is 0. The van der Waals surface area contributed by atoms with Crippen molar-refractivity contribution in [3.8, 4) is 5.75 Å². The largest absolute Gasteiger partial charge is 0.489 e. The minimum absolute atomic E-state index is 0.366. The van der Waals surface area contributed by atoms with E-state index in [4.69, 9.17) is 4.74 Å². The molecule has 17 heavy (non-hydrogen) atoms. The molecular weight excluding hydrogens is 212 g/mol. The van der Waals surface area contributed by atoms with Gasteiger partial charge in [-0.15, -0.1) is 0 Å². The molecule has 0 saturated carbocycles. The molecule has 96 valence electrons. The summed E-state index contributed by atoms with van der Waals surface area (Å²) in [7, 11) is 2.16. The van der Waals surface area contributed by atoms with Crippen LogP contribution in [0.25, 0.3) is 0 Å². The van der Waals surface area contributed by atoms with Gasteiger partial charge in [-0.2, -0.15) is 0 Å². The molecule has 0 radical (unpaired) electrons. The lowest BCUT2D eigenvalue weighted by molar-refractivity contribution is 0.114. The zero-order valence-electron chi connectivity index (χ0n) is 11.4. The highest BCUT2D eigenvalue weighted by Crippen LogP contribution is 2.17. The van der Waals surface area contributed by atoms with Crippen molar-refractivity contribution >= 4 is 0 Å². The third-order valence-electron chi connectivity index (χ3n) is 2.85. The maximum Gasteiger partial charge on any atom is 0.138 e. The van der Waals surface area contributed by atoms with Crippen LogP contribution in [0.5, 0.6) is 5.75 Å². The molecule has 2 rings (SSSR count). The van der Waals surface area contributed by atoms with Crippen molar-refractivity contribution in [2.24, 2.45) is 0 Å². The number of ether oxygens (including phenoxy) is 1. The van der Waals surface area contributed by atoms with Gasteiger partial charge in [0.25, 0.3) is 0 Å². The van der Waals surface area contributed by atoms with Gasteiger partial charge >= 0.3 is 0 Å². The summed E-state index contributed by atoms with van der Waals surface area (Å²) in [6.07, 6.45) is 4.41. The molecule has 1 aromatic rings. The summed E-state index contributed by atoms with van der Waals surface area (Å²) in [6.45, 7) is 8.24. The quantitative estimate of drug-likeness (QED) is 0.789. The van der Waals surface area contributed by atoms with Gasteiger partial charge in [-0.25, -0.2) is 0 Å². The van der Waals surface area contributed by atoms with Crippen LogP contribution in [-0.2, 0) is 0 Å². The van der Waals surface area contributed by atoms with Crippen molar-refractivity contribution in [2.45, 2.75) is 39.7 Å². The minimum Gasteiger partial charge on any atom is -0.489 e. The number of piperidine rings is 1. The van der Waals surface area contributed by atoms with E-state index in [0.29, 0.717) is 6.10 Å². The van der Waals surface area contributed by atoms with Gasteiger partial charge in [0, 0.05) is 18.8 Å². The fourth-order valence-corrected chi connectivity index (χ4v) is 1.82. The van der Waals surface area contributed by atoms with Crippen LogP contribution in [-0.4, -0.2) is 36.1 Å². The van der Waals surface area contributed by atoms with Gasteiger partial charge in [-0.1, -0.05) is 13.8 Å². The molecule has 1 saturated heterocycles. The standard InChI is InChI=1S/C12H18N2O.C2H6/c1-10-3-4-12(9-13-10)15-11-5-7-14(2)8-6-11;1-2/h3-4,9,11H,5-8H2,1-2H3;1-2H3. The molecule has 0 atom stereocenters. The number of aromatic nitrogens is 1.